The predicted octanol–water partition coefficient (Wildman–Crippen LogP) is 4.17. The van der Waals surface area contributed by atoms with Crippen LogP contribution >= 0.6 is 11.6 Å². The van der Waals surface area contributed by atoms with Crippen molar-refractivity contribution < 1.29 is 9.59 Å². The first-order valence-electron chi connectivity index (χ1n) is 8.68. The molecule has 3 aromatic rings. The molecule has 3 aromatic carbocycles. The van der Waals surface area contributed by atoms with Gasteiger partial charge in [-0.1, -0.05) is 84.4 Å². The highest BCUT2D eigenvalue weighted by Crippen LogP contribution is 2.36. The molecule has 6 heteroatoms. The van der Waals surface area contributed by atoms with Gasteiger partial charge < -0.3 is 5.32 Å². The van der Waals surface area contributed by atoms with Crippen molar-refractivity contribution in [1.29, 1.82) is 0 Å². The van der Waals surface area contributed by atoms with Gasteiger partial charge in [0.1, 0.15) is 0 Å². The van der Waals surface area contributed by atoms with Crippen LogP contribution in [0.25, 0.3) is 0 Å². The molecule has 0 saturated carbocycles. The van der Waals surface area contributed by atoms with Gasteiger partial charge in [-0.3, -0.25) is 4.79 Å². The minimum Gasteiger partial charge on any atom is -0.314 e. The van der Waals surface area contributed by atoms with Gasteiger partial charge in [-0.25, -0.2) is 4.79 Å². The van der Waals surface area contributed by atoms with Gasteiger partial charge in [-0.15, -0.1) is 5.01 Å². The number of carbonyl (C=O) groups is 2. The molecule has 3 amide bonds. The fraction of sp³-hybridized carbons (Fsp3) is 0.0455. The van der Waals surface area contributed by atoms with Crippen LogP contribution in [0.5, 0.6) is 0 Å². The number of benzene rings is 3. The van der Waals surface area contributed by atoms with Crippen molar-refractivity contribution in [1.82, 2.24) is 10.3 Å². The minimum atomic E-state index is -1.32. The molecule has 0 unspecified atom stereocenters. The first kappa shape index (κ1) is 17.9. The first-order valence-corrected chi connectivity index (χ1v) is 9.06. The Morgan fingerprint density at radius 3 is 1.89 bits per heavy atom. The molecule has 4 rings (SSSR count). The second-order valence-electron chi connectivity index (χ2n) is 6.33. The number of halogens is 1. The van der Waals surface area contributed by atoms with Gasteiger partial charge in [0.15, 0.2) is 5.54 Å². The van der Waals surface area contributed by atoms with Crippen LogP contribution in [0.1, 0.15) is 16.7 Å². The second-order valence-corrected chi connectivity index (χ2v) is 6.76. The van der Waals surface area contributed by atoms with Crippen LogP contribution in [0.15, 0.2) is 90.0 Å². The summed E-state index contributed by atoms with van der Waals surface area (Å²) in [6.45, 7) is 0. The van der Waals surface area contributed by atoms with E-state index in [9.17, 15) is 9.59 Å². The Bertz CT molecular complexity index is 995. The predicted molar refractivity (Wildman–Crippen MR) is 108 cm³/mol. The Labute approximate surface area is 167 Å². The molecule has 1 saturated heterocycles. The van der Waals surface area contributed by atoms with Gasteiger partial charge in [0.05, 0.1) is 6.21 Å². The van der Waals surface area contributed by atoms with Gasteiger partial charge in [-0.2, -0.15) is 5.10 Å². The molecular weight excluding hydrogens is 374 g/mol. The summed E-state index contributed by atoms with van der Waals surface area (Å²) in [5, 5.41) is 8.45. The topological polar surface area (TPSA) is 61.8 Å². The Morgan fingerprint density at radius 2 is 1.36 bits per heavy atom. The normalized spacial score (nSPS) is 15.8. The SMILES string of the molecule is O=C1NC(c2ccccc2)(c2ccccc2)C(=O)N1/N=C/c1ccc(Cl)cc1. The molecule has 1 fully saturated rings. The van der Waals surface area contributed by atoms with Gasteiger partial charge in [0, 0.05) is 5.02 Å². The lowest BCUT2D eigenvalue weighted by molar-refractivity contribution is -0.130. The van der Waals surface area contributed by atoms with E-state index in [4.69, 9.17) is 11.6 Å². The highest BCUT2D eigenvalue weighted by atomic mass is 35.5. The molecule has 1 aliphatic heterocycles. The number of hydrogen-bond acceptors (Lipinski definition) is 3. The van der Waals surface area contributed by atoms with Gasteiger partial charge in [0.25, 0.3) is 5.91 Å². The van der Waals surface area contributed by atoms with Crippen molar-refractivity contribution in [2.24, 2.45) is 5.10 Å². The summed E-state index contributed by atoms with van der Waals surface area (Å²) in [6.07, 6.45) is 1.46. The Morgan fingerprint density at radius 1 is 0.821 bits per heavy atom. The van der Waals surface area contributed by atoms with Crippen LogP contribution in [0.3, 0.4) is 0 Å². The molecule has 1 aliphatic rings. The van der Waals surface area contributed by atoms with Crippen molar-refractivity contribution in [3.63, 3.8) is 0 Å². The highest BCUT2D eigenvalue weighted by Gasteiger charge is 2.54. The molecule has 0 spiro atoms. The molecule has 1 heterocycles. The molecule has 0 aliphatic carbocycles. The maximum absolute atomic E-state index is 13.4. The van der Waals surface area contributed by atoms with Crippen molar-refractivity contribution in [3.05, 3.63) is 107 Å². The average Bonchev–Trinajstić information content (AvgIpc) is 3.00. The maximum Gasteiger partial charge on any atom is 0.346 e. The van der Waals surface area contributed by atoms with Crippen LogP contribution < -0.4 is 5.32 Å². The molecule has 0 bridgehead atoms. The monoisotopic (exact) mass is 389 g/mol. The largest absolute Gasteiger partial charge is 0.346 e. The zero-order chi connectivity index (χ0) is 19.6. The highest BCUT2D eigenvalue weighted by molar-refractivity contribution is 6.30. The Kier molecular flexibility index (Phi) is 4.67. The zero-order valence-corrected chi connectivity index (χ0v) is 15.5. The molecule has 0 radical (unpaired) electrons. The summed E-state index contributed by atoms with van der Waals surface area (Å²) in [4.78, 5) is 26.1. The molecular formula is C22H16ClN3O2. The number of carbonyl (C=O) groups excluding carboxylic acids is 2. The third kappa shape index (κ3) is 3.06. The van der Waals surface area contributed by atoms with E-state index >= 15 is 0 Å². The first-order chi connectivity index (χ1) is 13.6. The van der Waals surface area contributed by atoms with Crippen LogP contribution in [-0.2, 0) is 10.3 Å². The van der Waals surface area contributed by atoms with E-state index < -0.39 is 17.5 Å². The third-order valence-electron chi connectivity index (χ3n) is 4.61. The number of rotatable bonds is 4. The summed E-state index contributed by atoms with van der Waals surface area (Å²) in [6, 6.07) is 24.7. The zero-order valence-electron chi connectivity index (χ0n) is 14.7. The third-order valence-corrected chi connectivity index (χ3v) is 4.86. The smallest absolute Gasteiger partial charge is 0.314 e. The van der Waals surface area contributed by atoms with Gasteiger partial charge >= 0.3 is 6.03 Å². The van der Waals surface area contributed by atoms with Crippen LogP contribution in [0, 0.1) is 0 Å². The summed E-state index contributed by atoms with van der Waals surface area (Å²) in [5.74, 6) is -0.458. The number of hydrazone groups is 1. The van der Waals surface area contributed by atoms with Gasteiger partial charge in [0.2, 0.25) is 0 Å². The maximum atomic E-state index is 13.4. The number of nitrogens with zero attached hydrogens (tertiary/aromatic N) is 2. The van der Waals surface area contributed by atoms with Crippen LogP contribution in [0.4, 0.5) is 4.79 Å². The molecule has 5 nitrogen and oxygen atoms in total. The fourth-order valence-corrected chi connectivity index (χ4v) is 3.36. The van der Waals surface area contributed by atoms with E-state index in [0.29, 0.717) is 16.1 Å². The number of hydrogen-bond donors (Lipinski definition) is 1. The number of imide groups is 1. The fourth-order valence-electron chi connectivity index (χ4n) is 3.23. The summed E-state index contributed by atoms with van der Waals surface area (Å²) in [7, 11) is 0. The standard InChI is InChI=1S/C22H16ClN3O2/c23-19-13-11-16(12-14-19)15-24-26-20(27)22(25-21(26)28,17-7-3-1-4-8-17)18-9-5-2-6-10-18/h1-15H,(H,25,28)/b24-15+. The summed E-state index contributed by atoms with van der Waals surface area (Å²) in [5.41, 5.74) is 0.742. The van der Waals surface area contributed by atoms with E-state index in [2.05, 4.69) is 10.4 Å². The average molecular weight is 390 g/mol. The lowest BCUT2D eigenvalue weighted by atomic mass is 9.83. The van der Waals surface area contributed by atoms with E-state index in [0.717, 1.165) is 10.6 Å². The van der Waals surface area contributed by atoms with Crippen LogP contribution in [0.2, 0.25) is 5.02 Å². The number of amides is 3. The van der Waals surface area contributed by atoms with E-state index in [1.165, 1.54) is 6.21 Å². The van der Waals surface area contributed by atoms with Gasteiger partial charge in [-0.05, 0) is 28.8 Å². The number of urea groups is 1. The quantitative estimate of drug-likeness (QED) is 0.537. The molecule has 0 atom stereocenters. The van der Waals surface area contributed by atoms with Crippen molar-refractivity contribution in [2.75, 3.05) is 0 Å². The molecule has 28 heavy (non-hydrogen) atoms. The Hall–Kier alpha value is -3.44. The van der Waals surface area contributed by atoms with Crippen molar-refractivity contribution >= 4 is 29.8 Å². The Balaban J connectivity index is 1.76. The number of nitrogens with one attached hydrogen (secondary N) is 1. The molecule has 0 aromatic heterocycles. The van der Waals surface area contributed by atoms with E-state index in [-0.39, 0.29) is 0 Å². The summed E-state index contributed by atoms with van der Waals surface area (Å²) >= 11 is 5.89. The van der Waals surface area contributed by atoms with Crippen molar-refractivity contribution in [2.45, 2.75) is 5.54 Å². The van der Waals surface area contributed by atoms with E-state index in [1.54, 1.807) is 24.3 Å². The van der Waals surface area contributed by atoms with Crippen molar-refractivity contribution in [3.8, 4) is 0 Å². The summed E-state index contributed by atoms with van der Waals surface area (Å²) < 4.78 is 0. The lowest BCUT2D eigenvalue weighted by Crippen LogP contribution is -2.44. The second kappa shape index (κ2) is 7.29. The van der Waals surface area contributed by atoms with E-state index in [1.807, 2.05) is 60.7 Å². The molecule has 138 valence electrons. The minimum absolute atomic E-state index is 0.458. The lowest BCUT2D eigenvalue weighted by Gasteiger charge is -2.27. The molecule has 1 N–H and O–H groups in total. The van der Waals surface area contributed by atoms with Crippen LogP contribution in [-0.4, -0.2) is 23.2 Å².